The number of hydrogen-bond acceptors (Lipinski definition) is 6. The van der Waals surface area contributed by atoms with Crippen molar-refractivity contribution in [1.29, 1.82) is 0 Å². The van der Waals surface area contributed by atoms with E-state index in [0.717, 1.165) is 19.4 Å². The third-order valence-corrected chi connectivity index (χ3v) is 6.22. The number of nitrogens with one attached hydrogen (secondary N) is 1. The van der Waals surface area contributed by atoms with Crippen molar-refractivity contribution in [1.82, 2.24) is 25.0 Å². The number of likely N-dealkylation sites (N-methyl/N-ethyl adjacent to an activating group) is 1. The maximum Gasteiger partial charge on any atom is 0.451 e. The van der Waals surface area contributed by atoms with Crippen molar-refractivity contribution < 1.29 is 32.6 Å². The van der Waals surface area contributed by atoms with E-state index < -0.39 is 23.7 Å². The highest BCUT2D eigenvalue weighted by molar-refractivity contribution is 5.90. The van der Waals surface area contributed by atoms with E-state index in [1.54, 1.807) is 4.90 Å². The van der Waals surface area contributed by atoms with Gasteiger partial charge in [0.2, 0.25) is 11.6 Å². The molecule has 0 spiro atoms. The topological polar surface area (TPSA) is 112 Å². The molecule has 2 aliphatic carbocycles. The molecule has 9 nitrogen and oxygen atoms in total. The van der Waals surface area contributed by atoms with Crippen molar-refractivity contribution in [3.63, 3.8) is 0 Å². The van der Waals surface area contributed by atoms with Gasteiger partial charge in [0.1, 0.15) is 0 Å². The lowest BCUT2D eigenvalue weighted by Crippen LogP contribution is -2.48. The van der Waals surface area contributed by atoms with Gasteiger partial charge in [-0.25, -0.2) is 0 Å². The van der Waals surface area contributed by atoms with Gasteiger partial charge in [0.15, 0.2) is 0 Å². The third-order valence-electron chi connectivity index (χ3n) is 6.22. The predicted octanol–water partition coefficient (Wildman–Crippen LogP) is 1.73. The van der Waals surface area contributed by atoms with E-state index in [-0.39, 0.29) is 18.6 Å². The molecule has 2 N–H and O–H groups in total. The highest BCUT2D eigenvalue weighted by Crippen LogP contribution is 2.40. The minimum atomic E-state index is -4.64. The summed E-state index contributed by atoms with van der Waals surface area (Å²) in [6, 6.07) is 0.287. The number of aromatic nitrogens is 3. The lowest BCUT2D eigenvalue weighted by atomic mass is 9.77. The maximum absolute atomic E-state index is 12.7. The molecule has 2 saturated carbocycles. The number of aromatic amines is 1. The fourth-order valence-corrected chi connectivity index (χ4v) is 4.45. The summed E-state index contributed by atoms with van der Waals surface area (Å²) in [5.74, 6) is -0.900. The highest BCUT2D eigenvalue weighted by Gasteiger charge is 2.46. The smallest absolute Gasteiger partial charge is 0.451 e. The highest BCUT2D eigenvalue weighted by atomic mass is 19.4. The summed E-state index contributed by atoms with van der Waals surface area (Å²) in [5, 5.41) is 12.2. The summed E-state index contributed by atoms with van der Waals surface area (Å²) in [6.07, 6.45) is -0.249. The Balaban J connectivity index is 0.000000858. The van der Waals surface area contributed by atoms with E-state index in [1.165, 1.54) is 12.8 Å². The first-order chi connectivity index (χ1) is 14.6. The van der Waals surface area contributed by atoms with E-state index in [9.17, 15) is 18.0 Å². The Morgan fingerprint density at radius 1 is 1.29 bits per heavy atom. The summed E-state index contributed by atoms with van der Waals surface area (Å²) in [7, 11) is 4.09. The lowest BCUT2D eigenvalue weighted by molar-refractivity contribution is -0.144. The minimum Gasteiger partial charge on any atom is -0.483 e. The second-order valence-corrected chi connectivity index (χ2v) is 8.66. The number of carbonyl (C=O) groups excluding carboxylic acids is 1. The largest absolute Gasteiger partial charge is 0.483 e. The fraction of sp³-hybridized carbons (Fsp3) is 0.789. The molecule has 1 saturated heterocycles. The average Bonchev–Trinajstić information content (AvgIpc) is 3.22. The summed E-state index contributed by atoms with van der Waals surface area (Å²) < 4.78 is 44.3. The molecule has 1 aromatic rings. The molecule has 31 heavy (non-hydrogen) atoms. The molecule has 0 radical (unpaired) electrons. The number of halogens is 3. The number of ether oxygens (including phenoxy) is 1. The lowest BCUT2D eigenvalue weighted by Gasteiger charge is -2.41. The van der Waals surface area contributed by atoms with Crippen LogP contribution < -0.4 is 0 Å². The number of hydrogen-bond donors (Lipinski definition) is 2. The molecule has 1 aliphatic heterocycles. The molecule has 1 aromatic heterocycles. The molecular formula is C19H28F3N5O4. The van der Waals surface area contributed by atoms with Gasteiger partial charge in [0.25, 0.3) is 12.4 Å². The molecule has 0 unspecified atom stereocenters. The Morgan fingerprint density at radius 3 is 2.42 bits per heavy atom. The Labute approximate surface area is 177 Å². The Hall–Kier alpha value is -2.21. The first kappa shape index (κ1) is 23.5. The van der Waals surface area contributed by atoms with E-state index in [4.69, 9.17) is 14.6 Å². The zero-order valence-corrected chi connectivity index (χ0v) is 17.5. The minimum absolute atomic E-state index is 0.132. The number of carbonyl (C=O) groups is 2. The molecule has 2 heterocycles. The third kappa shape index (κ3) is 5.73. The summed E-state index contributed by atoms with van der Waals surface area (Å²) >= 11 is 0. The van der Waals surface area contributed by atoms with Gasteiger partial charge < -0.3 is 19.6 Å². The first-order valence-electron chi connectivity index (χ1n) is 10.3. The van der Waals surface area contributed by atoms with Crippen LogP contribution in [0.1, 0.15) is 42.1 Å². The molecule has 1 amide bonds. The summed E-state index contributed by atoms with van der Waals surface area (Å²) in [4.78, 5) is 28.1. The van der Waals surface area contributed by atoms with Gasteiger partial charge in [0, 0.05) is 25.7 Å². The summed E-state index contributed by atoms with van der Waals surface area (Å²) in [6.45, 7) is 1.59. The first-order valence-corrected chi connectivity index (χ1v) is 10.3. The molecule has 0 bridgehead atoms. The normalized spacial score (nSPS) is 28.1. The number of rotatable bonds is 5. The Kier molecular flexibility index (Phi) is 7.20. The zero-order chi connectivity index (χ0) is 22.8. The van der Waals surface area contributed by atoms with Crippen LogP contribution in [-0.2, 0) is 15.7 Å². The van der Waals surface area contributed by atoms with Crippen LogP contribution >= 0.6 is 0 Å². The number of nitrogens with zero attached hydrogens (tertiary/aromatic N) is 4. The van der Waals surface area contributed by atoms with Gasteiger partial charge in [-0.15, -0.1) is 5.10 Å². The van der Waals surface area contributed by atoms with Crippen molar-refractivity contribution in [3.8, 4) is 0 Å². The Bertz CT molecular complexity index is 768. The van der Waals surface area contributed by atoms with Crippen LogP contribution in [0.25, 0.3) is 0 Å². The molecule has 3 aliphatic rings. The van der Waals surface area contributed by atoms with Gasteiger partial charge in [-0.1, -0.05) is 0 Å². The molecule has 4 rings (SSSR count). The standard InChI is InChI=1S/C18H26F3N5O2.CH2O2/c1-25(2)13-5-11-7-26(8-12(11)6-14(13)28-9-10-3-4-10)16(27)15-22-17(24-23-15)18(19,20)21;2-1-3/h10-14H,3-9H2,1-2H3,(H,22,23,24);1H,(H,2,3)/t11-,12+,13-,14-;/m1./s1. The summed E-state index contributed by atoms with van der Waals surface area (Å²) in [5.41, 5.74) is 0. The maximum atomic E-state index is 12.7. The number of likely N-dealkylation sites (tertiary alicyclic amines) is 1. The molecule has 4 atom stereocenters. The fourth-order valence-electron chi connectivity index (χ4n) is 4.45. The van der Waals surface area contributed by atoms with Crippen LogP contribution in [0.4, 0.5) is 13.2 Å². The molecule has 0 aromatic carbocycles. The second-order valence-electron chi connectivity index (χ2n) is 8.66. The van der Waals surface area contributed by atoms with Crippen molar-refractivity contribution >= 4 is 12.4 Å². The second kappa shape index (κ2) is 9.51. The van der Waals surface area contributed by atoms with Crippen molar-refractivity contribution in [2.75, 3.05) is 33.8 Å². The molecule has 174 valence electrons. The van der Waals surface area contributed by atoms with Crippen LogP contribution in [0, 0.1) is 17.8 Å². The number of amides is 1. The number of alkyl halides is 3. The Morgan fingerprint density at radius 2 is 1.90 bits per heavy atom. The van der Waals surface area contributed by atoms with Crippen LogP contribution in [0.5, 0.6) is 0 Å². The van der Waals surface area contributed by atoms with Gasteiger partial charge in [-0.3, -0.25) is 14.7 Å². The van der Waals surface area contributed by atoms with E-state index in [2.05, 4.69) is 15.0 Å². The molecular weight excluding hydrogens is 419 g/mol. The van der Waals surface area contributed by atoms with Crippen LogP contribution in [-0.4, -0.2) is 88.4 Å². The van der Waals surface area contributed by atoms with Crippen molar-refractivity contribution in [2.24, 2.45) is 17.8 Å². The number of fused-ring (bicyclic) bond motifs is 1. The van der Waals surface area contributed by atoms with Crippen LogP contribution in [0.15, 0.2) is 0 Å². The van der Waals surface area contributed by atoms with E-state index >= 15 is 0 Å². The average molecular weight is 447 g/mol. The van der Waals surface area contributed by atoms with Crippen molar-refractivity contribution in [3.05, 3.63) is 11.6 Å². The quantitative estimate of drug-likeness (QED) is 0.661. The van der Waals surface area contributed by atoms with E-state index in [0.29, 0.717) is 30.8 Å². The SMILES string of the molecule is CN(C)[C@@H]1C[C@@H]2CN(C(=O)c3n[nH]c(C(F)(F)F)n3)C[C@@H]2C[C@H]1OCC1CC1.O=CO. The van der Waals surface area contributed by atoms with Crippen LogP contribution in [0.2, 0.25) is 0 Å². The van der Waals surface area contributed by atoms with E-state index in [1.807, 2.05) is 19.2 Å². The molecule has 12 heteroatoms. The van der Waals surface area contributed by atoms with Gasteiger partial charge >= 0.3 is 6.18 Å². The van der Waals surface area contributed by atoms with Gasteiger partial charge in [0.05, 0.1) is 6.10 Å². The van der Waals surface area contributed by atoms with Gasteiger partial charge in [-0.05, 0) is 57.5 Å². The zero-order valence-electron chi connectivity index (χ0n) is 17.5. The van der Waals surface area contributed by atoms with Gasteiger partial charge in [-0.2, -0.15) is 18.2 Å². The molecule has 3 fully saturated rings. The number of carboxylic acid groups (broad SMARTS) is 1. The monoisotopic (exact) mass is 447 g/mol. The van der Waals surface area contributed by atoms with Crippen molar-refractivity contribution in [2.45, 2.75) is 44.0 Å². The number of H-pyrrole nitrogens is 1. The predicted molar refractivity (Wildman–Crippen MR) is 102 cm³/mol. The van der Waals surface area contributed by atoms with Crippen LogP contribution in [0.3, 0.4) is 0 Å².